The Hall–Kier alpha value is -1.77. The van der Waals surface area contributed by atoms with Crippen molar-refractivity contribution in [2.45, 2.75) is 44.8 Å². The fourth-order valence-corrected chi connectivity index (χ4v) is 5.91. The number of hydrogen-bond donors (Lipinski definition) is 1. The van der Waals surface area contributed by atoms with Gasteiger partial charge in [0.25, 0.3) is 0 Å². The Labute approximate surface area is 176 Å². The van der Waals surface area contributed by atoms with Crippen LogP contribution in [0.2, 0.25) is 0 Å². The van der Waals surface area contributed by atoms with Crippen molar-refractivity contribution in [1.82, 2.24) is 4.98 Å². The summed E-state index contributed by atoms with van der Waals surface area (Å²) in [5, 5.41) is 3.19. The summed E-state index contributed by atoms with van der Waals surface area (Å²) in [6, 6.07) is 9.77. The lowest BCUT2D eigenvalue weighted by Crippen LogP contribution is -2.47. The zero-order valence-electron chi connectivity index (χ0n) is 17.1. The van der Waals surface area contributed by atoms with E-state index >= 15 is 0 Å². The predicted molar refractivity (Wildman–Crippen MR) is 117 cm³/mol. The van der Waals surface area contributed by atoms with Crippen molar-refractivity contribution >= 4 is 32.2 Å². The number of carbonyl (C=O) groups is 1. The molecule has 1 aliphatic heterocycles. The van der Waals surface area contributed by atoms with Crippen LogP contribution in [0.1, 0.15) is 38.5 Å². The van der Waals surface area contributed by atoms with Crippen LogP contribution in [0.4, 0.5) is 5.13 Å². The van der Waals surface area contributed by atoms with Crippen LogP contribution in [-0.2, 0) is 25.8 Å². The maximum absolute atomic E-state index is 13.0. The van der Waals surface area contributed by atoms with Crippen LogP contribution in [0.25, 0.3) is 11.3 Å². The van der Waals surface area contributed by atoms with Crippen LogP contribution >= 0.6 is 11.3 Å². The van der Waals surface area contributed by atoms with Crippen LogP contribution in [0.15, 0.2) is 30.3 Å². The summed E-state index contributed by atoms with van der Waals surface area (Å²) in [6.07, 6.45) is 2.20. The van der Waals surface area contributed by atoms with E-state index in [1.807, 2.05) is 37.3 Å². The molecule has 1 fully saturated rings. The molecule has 2 aromatic rings. The summed E-state index contributed by atoms with van der Waals surface area (Å²) >= 11 is 1.39. The Kier molecular flexibility index (Phi) is 6.76. The number of nitrogens with one attached hydrogen (secondary N) is 1. The first-order chi connectivity index (χ1) is 13.7. The molecule has 0 radical (unpaired) electrons. The quantitative estimate of drug-likeness (QED) is 0.711. The van der Waals surface area contributed by atoms with Crippen LogP contribution in [0.5, 0.6) is 0 Å². The highest BCUT2D eigenvalue weighted by Gasteiger charge is 2.43. The molecule has 3 rings (SSSR count). The summed E-state index contributed by atoms with van der Waals surface area (Å²) < 4.78 is 29.7. The van der Waals surface area contributed by atoms with Gasteiger partial charge in [-0.2, -0.15) is 0 Å². The summed E-state index contributed by atoms with van der Waals surface area (Å²) in [5.41, 5.74) is 1.81. The van der Waals surface area contributed by atoms with Crippen molar-refractivity contribution in [2.75, 3.05) is 24.3 Å². The largest absolute Gasteiger partial charge is 0.381 e. The van der Waals surface area contributed by atoms with E-state index in [-0.39, 0.29) is 11.7 Å². The third-order valence-electron chi connectivity index (χ3n) is 5.41. The van der Waals surface area contributed by atoms with Crippen LogP contribution in [-0.4, -0.2) is 43.0 Å². The van der Waals surface area contributed by atoms with Gasteiger partial charge in [0.05, 0.1) is 11.4 Å². The number of aryl methyl sites for hydroxylation is 1. The summed E-state index contributed by atoms with van der Waals surface area (Å²) in [6.45, 7) is 6.14. The molecular formula is C21H28N2O4S2. The normalized spacial score (nSPS) is 16.0. The molecular weight excluding hydrogens is 408 g/mol. The fourth-order valence-electron chi connectivity index (χ4n) is 3.29. The first-order valence-electron chi connectivity index (χ1n) is 9.91. The number of thiazole rings is 1. The minimum absolute atomic E-state index is 0.00409. The molecule has 1 amide bonds. The zero-order valence-corrected chi connectivity index (χ0v) is 18.7. The molecule has 0 saturated carbocycles. The van der Waals surface area contributed by atoms with Crippen LogP contribution in [0, 0.1) is 5.92 Å². The number of hydrogen-bond acceptors (Lipinski definition) is 6. The van der Waals surface area contributed by atoms with Gasteiger partial charge in [0.1, 0.15) is 4.75 Å². The van der Waals surface area contributed by atoms with E-state index in [4.69, 9.17) is 4.74 Å². The van der Waals surface area contributed by atoms with Gasteiger partial charge < -0.3 is 10.1 Å². The van der Waals surface area contributed by atoms with Gasteiger partial charge in [-0.05, 0) is 39.0 Å². The Bertz CT molecular complexity index is 946. The van der Waals surface area contributed by atoms with Crippen molar-refractivity contribution in [3.8, 4) is 11.3 Å². The highest BCUT2D eigenvalue weighted by atomic mass is 32.2. The van der Waals surface area contributed by atoms with E-state index in [2.05, 4.69) is 10.3 Å². The molecule has 1 N–H and O–H groups in total. The molecule has 1 saturated heterocycles. The van der Waals surface area contributed by atoms with Gasteiger partial charge in [0.2, 0.25) is 5.91 Å². The van der Waals surface area contributed by atoms with Crippen molar-refractivity contribution < 1.29 is 17.9 Å². The molecule has 6 nitrogen and oxygen atoms in total. The van der Waals surface area contributed by atoms with Crippen molar-refractivity contribution in [3.05, 3.63) is 35.2 Å². The van der Waals surface area contributed by atoms with Gasteiger partial charge in [-0.3, -0.25) is 4.79 Å². The molecule has 0 aliphatic carbocycles. The second-order valence-corrected chi connectivity index (χ2v) is 11.5. The Morgan fingerprint density at radius 1 is 1.24 bits per heavy atom. The van der Waals surface area contributed by atoms with Gasteiger partial charge in [-0.1, -0.05) is 37.3 Å². The lowest BCUT2D eigenvalue weighted by atomic mass is 10.0. The average molecular weight is 437 g/mol. The van der Waals surface area contributed by atoms with E-state index in [0.717, 1.165) is 22.6 Å². The second-order valence-electron chi connectivity index (χ2n) is 7.81. The average Bonchev–Trinajstić information content (AvgIpc) is 3.11. The van der Waals surface area contributed by atoms with Gasteiger partial charge in [0, 0.05) is 23.7 Å². The summed E-state index contributed by atoms with van der Waals surface area (Å²) in [5.74, 6) is -0.498. The van der Waals surface area contributed by atoms with E-state index in [9.17, 15) is 13.2 Å². The number of rotatable bonds is 7. The van der Waals surface area contributed by atoms with E-state index in [1.165, 1.54) is 25.2 Å². The number of nitrogens with zero attached hydrogens (tertiary/aromatic N) is 1. The first-order valence-corrected chi connectivity index (χ1v) is 12.4. The Morgan fingerprint density at radius 3 is 2.52 bits per heavy atom. The zero-order chi connectivity index (χ0) is 21.1. The van der Waals surface area contributed by atoms with E-state index in [0.29, 0.717) is 31.2 Å². The smallest absolute Gasteiger partial charge is 0.247 e. The number of amides is 1. The maximum Gasteiger partial charge on any atom is 0.247 e. The number of ether oxygens (including phenoxy) is 1. The topological polar surface area (TPSA) is 85.4 Å². The number of carbonyl (C=O) groups excluding carboxylic acids is 1. The molecule has 1 aromatic carbocycles. The number of sulfone groups is 1. The van der Waals surface area contributed by atoms with Crippen molar-refractivity contribution in [3.63, 3.8) is 0 Å². The standard InChI is InChI=1S/C21H28N2O4S2/c1-4-17-18(16-8-6-5-7-9-16)22-20(28-17)23-19(24)21(2,3)29(25,26)14-15-10-12-27-13-11-15/h5-9,15H,4,10-14H2,1-3H3,(H,22,23,24). The molecule has 0 bridgehead atoms. The minimum atomic E-state index is -3.63. The molecule has 0 spiro atoms. The summed E-state index contributed by atoms with van der Waals surface area (Å²) in [7, 11) is -3.63. The van der Waals surface area contributed by atoms with Gasteiger partial charge in [0.15, 0.2) is 15.0 Å². The fraction of sp³-hybridized carbons (Fsp3) is 0.524. The van der Waals surface area contributed by atoms with Gasteiger partial charge in [-0.25, -0.2) is 13.4 Å². The third-order valence-corrected chi connectivity index (χ3v) is 9.17. The van der Waals surface area contributed by atoms with Crippen molar-refractivity contribution in [1.29, 1.82) is 0 Å². The molecule has 0 unspecified atom stereocenters. The van der Waals surface area contributed by atoms with E-state index < -0.39 is 20.5 Å². The van der Waals surface area contributed by atoms with Gasteiger partial charge >= 0.3 is 0 Å². The number of anilines is 1. The number of benzene rings is 1. The minimum Gasteiger partial charge on any atom is -0.381 e. The third kappa shape index (κ3) is 4.87. The highest BCUT2D eigenvalue weighted by molar-refractivity contribution is 7.93. The number of aromatic nitrogens is 1. The second kappa shape index (κ2) is 8.93. The van der Waals surface area contributed by atoms with E-state index in [1.54, 1.807) is 0 Å². The Morgan fingerprint density at radius 2 is 1.90 bits per heavy atom. The molecule has 29 heavy (non-hydrogen) atoms. The molecule has 158 valence electrons. The van der Waals surface area contributed by atoms with Gasteiger partial charge in [-0.15, -0.1) is 11.3 Å². The Balaban J connectivity index is 1.77. The molecule has 1 aromatic heterocycles. The molecule has 2 heterocycles. The first kappa shape index (κ1) is 21.9. The SMILES string of the molecule is CCc1sc(NC(=O)C(C)(C)S(=O)(=O)CC2CCOCC2)nc1-c1ccccc1. The lowest BCUT2D eigenvalue weighted by molar-refractivity contribution is -0.117. The highest BCUT2D eigenvalue weighted by Crippen LogP contribution is 2.33. The molecule has 0 atom stereocenters. The van der Waals surface area contributed by atoms with Crippen LogP contribution < -0.4 is 5.32 Å². The monoisotopic (exact) mass is 436 g/mol. The lowest BCUT2D eigenvalue weighted by Gasteiger charge is -2.28. The predicted octanol–water partition coefficient (Wildman–Crippen LogP) is 3.93. The molecule has 8 heteroatoms. The molecule has 1 aliphatic rings. The summed E-state index contributed by atoms with van der Waals surface area (Å²) in [4.78, 5) is 18.5. The van der Waals surface area contributed by atoms with Crippen LogP contribution in [0.3, 0.4) is 0 Å². The maximum atomic E-state index is 13.0. The van der Waals surface area contributed by atoms with Crippen molar-refractivity contribution in [2.24, 2.45) is 5.92 Å².